The van der Waals surface area contributed by atoms with Crippen LogP contribution in [-0.4, -0.2) is 24.9 Å². The molecule has 120 valence electrons. The number of aryl methyl sites for hydroxylation is 1. The summed E-state index contributed by atoms with van der Waals surface area (Å²) in [6, 6.07) is 9.04. The number of nitrogens with one attached hydrogen (secondary N) is 1. The number of sulfonamides is 1. The van der Waals surface area contributed by atoms with Gasteiger partial charge in [0.15, 0.2) is 0 Å². The highest BCUT2D eigenvalue weighted by Crippen LogP contribution is 2.26. The number of thiazole rings is 1. The molecule has 1 N–H and O–H groups in total. The molecule has 0 aliphatic heterocycles. The molecule has 0 atom stereocenters. The van der Waals surface area contributed by atoms with Crippen LogP contribution in [0.5, 0.6) is 0 Å². The maximum Gasteiger partial charge on any atom is 0.250 e. The summed E-state index contributed by atoms with van der Waals surface area (Å²) >= 11 is 2.77. The first kappa shape index (κ1) is 16.3. The highest BCUT2D eigenvalue weighted by atomic mass is 32.2. The Hall–Kier alpha value is -1.61. The summed E-state index contributed by atoms with van der Waals surface area (Å²) in [5, 5.41) is 2.61. The lowest BCUT2D eigenvalue weighted by Gasteiger charge is -2.03. The second-order valence-corrected chi connectivity index (χ2v) is 8.85. The average molecular weight is 366 g/mol. The molecule has 5 nitrogen and oxygen atoms in total. The Morgan fingerprint density at radius 3 is 2.78 bits per heavy atom. The molecule has 0 fully saturated rings. The third-order valence-corrected chi connectivity index (χ3v) is 7.28. The van der Waals surface area contributed by atoms with E-state index in [1.807, 2.05) is 25.1 Å². The van der Waals surface area contributed by atoms with Gasteiger partial charge in [0.05, 0.1) is 11.4 Å². The van der Waals surface area contributed by atoms with E-state index in [0.717, 1.165) is 21.3 Å². The zero-order valence-electron chi connectivity index (χ0n) is 12.4. The van der Waals surface area contributed by atoms with Crippen molar-refractivity contribution in [1.82, 2.24) is 14.7 Å². The lowest BCUT2D eigenvalue weighted by Crippen LogP contribution is -2.25. The second-order valence-electron chi connectivity index (χ2n) is 4.82. The summed E-state index contributed by atoms with van der Waals surface area (Å²) in [6.45, 7) is 2.29. The fraction of sp³-hybridized carbons (Fsp3) is 0.200. The van der Waals surface area contributed by atoms with Gasteiger partial charge in [-0.05, 0) is 36.9 Å². The molecule has 3 aromatic rings. The van der Waals surface area contributed by atoms with Crippen LogP contribution in [0.2, 0.25) is 0 Å². The molecule has 3 aromatic heterocycles. The van der Waals surface area contributed by atoms with Gasteiger partial charge in [-0.25, -0.2) is 18.1 Å². The number of pyridine rings is 1. The van der Waals surface area contributed by atoms with Gasteiger partial charge in [-0.1, -0.05) is 12.1 Å². The van der Waals surface area contributed by atoms with Gasteiger partial charge in [0.1, 0.15) is 9.22 Å². The Balaban J connectivity index is 1.67. The van der Waals surface area contributed by atoms with Crippen molar-refractivity contribution in [2.75, 3.05) is 6.54 Å². The Labute approximate surface area is 143 Å². The van der Waals surface area contributed by atoms with Crippen LogP contribution >= 0.6 is 22.7 Å². The number of hydrogen-bond acceptors (Lipinski definition) is 6. The summed E-state index contributed by atoms with van der Waals surface area (Å²) < 4.78 is 27.1. The van der Waals surface area contributed by atoms with Crippen molar-refractivity contribution in [2.45, 2.75) is 17.6 Å². The van der Waals surface area contributed by atoms with Crippen LogP contribution in [0.25, 0.3) is 10.7 Å². The summed E-state index contributed by atoms with van der Waals surface area (Å²) in [6.07, 6.45) is 2.35. The van der Waals surface area contributed by atoms with Crippen LogP contribution in [-0.2, 0) is 16.4 Å². The van der Waals surface area contributed by atoms with E-state index < -0.39 is 10.0 Å². The van der Waals surface area contributed by atoms with Crippen LogP contribution < -0.4 is 4.72 Å². The van der Waals surface area contributed by atoms with E-state index in [2.05, 4.69) is 14.7 Å². The van der Waals surface area contributed by atoms with Crippen molar-refractivity contribution in [2.24, 2.45) is 0 Å². The molecule has 0 radical (unpaired) electrons. The smallest absolute Gasteiger partial charge is 0.250 e. The van der Waals surface area contributed by atoms with Crippen molar-refractivity contribution >= 4 is 32.7 Å². The normalized spacial score (nSPS) is 11.7. The summed E-state index contributed by atoms with van der Waals surface area (Å²) in [5.41, 5.74) is 1.76. The molecule has 8 heteroatoms. The molecule has 0 saturated carbocycles. The number of rotatable bonds is 6. The minimum atomic E-state index is -3.40. The predicted octanol–water partition coefficient (Wildman–Crippen LogP) is 3.10. The topological polar surface area (TPSA) is 72.0 Å². The molecular weight excluding hydrogens is 350 g/mol. The van der Waals surface area contributed by atoms with Gasteiger partial charge in [0.2, 0.25) is 10.0 Å². The summed E-state index contributed by atoms with van der Waals surface area (Å²) in [4.78, 5) is 9.89. The molecule has 0 saturated heterocycles. The molecule has 0 aromatic carbocycles. The maximum atomic E-state index is 12.1. The Morgan fingerprint density at radius 2 is 2.09 bits per heavy atom. The van der Waals surface area contributed by atoms with Gasteiger partial charge < -0.3 is 0 Å². The molecule has 0 aliphatic rings. The van der Waals surface area contributed by atoms with E-state index in [0.29, 0.717) is 17.2 Å². The Bertz CT molecular complexity index is 872. The molecule has 0 spiro atoms. The molecular formula is C15H15N3O2S3. The number of hydrogen-bond donors (Lipinski definition) is 1. The summed E-state index contributed by atoms with van der Waals surface area (Å²) in [5.74, 6) is 0. The van der Waals surface area contributed by atoms with E-state index >= 15 is 0 Å². The number of nitrogens with zero attached hydrogens (tertiary/aromatic N) is 2. The van der Waals surface area contributed by atoms with E-state index in [1.54, 1.807) is 35.0 Å². The molecule has 3 rings (SSSR count). The van der Waals surface area contributed by atoms with Crippen molar-refractivity contribution in [3.8, 4) is 10.7 Å². The van der Waals surface area contributed by atoms with Crippen LogP contribution in [0.3, 0.4) is 0 Å². The van der Waals surface area contributed by atoms with E-state index in [1.165, 1.54) is 11.3 Å². The average Bonchev–Trinajstić information content (AvgIpc) is 3.19. The second kappa shape index (κ2) is 6.88. The fourth-order valence-corrected chi connectivity index (χ4v) is 5.15. The number of aromatic nitrogens is 2. The van der Waals surface area contributed by atoms with Gasteiger partial charge in [0.25, 0.3) is 0 Å². The minimum absolute atomic E-state index is 0.340. The van der Waals surface area contributed by atoms with Crippen LogP contribution in [0, 0.1) is 6.92 Å². The lowest BCUT2D eigenvalue weighted by molar-refractivity contribution is 0.584. The largest absolute Gasteiger partial charge is 0.254 e. The first-order valence-corrected chi connectivity index (χ1v) is 10.1. The van der Waals surface area contributed by atoms with E-state index in [4.69, 9.17) is 0 Å². The Morgan fingerprint density at radius 1 is 1.22 bits per heavy atom. The van der Waals surface area contributed by atoms with Gasteiger partial charge >= 0.3 is 0 Å². The zero-order chi connectivity index (χ0) is 16.3. The number of thiophene rings is 1. The van der Waals surface area contributed by atoms with Gasteiger partial charge in [-0.3, -0.25) is 4.98 Å². The van der Waals surface area contributed by atoms with E-state index in [-0.39, 0.29) is 0 Å². The van der Waals surface area contributed by atoms with Crippen LogP contribution in [0.1, 0.15) is 10.6 Å². The van der Waals surface area contributed by atoms with Crippen molar-refractivity contribution in [1.29, 1.82) is 0 Å². The SMILES string of the molecule is Cc1nc(-c2ccccn2)sc1CCNS(=O)(=O)c1cccs1. The minimum Gasteiger partial charge on any atom is -0.254 e. The van der Waals surface area contributed by atoms with Crippen LogP contribution in [0.4, 0.5) is 0 Å². The van der Waals surface area contributed by atoms with Crippen molar-refractivity contribution in [3.63, 3.8) is 0 Å². The maximum absolute atomic E-state index is 12.1. The standard InChI is InChI=1S/C15H15N3O2S3/c1-11-13(22-15(18-11)12-5-2-3-8-16-12)7-9-17-23(19,20)14-6-4-10-21-14/h2-6,8,10,17H,7,9H2,1H3. The lowest BCUT2D eigenvalue weighted by atomic mass is 10.3. The highest BCUT2D eigenvalue weighted by molar-refractivity contribution is 7.91. The zero-order valence-corrected chi connectivity index (χ0v) is 14.8. The Kier molecular flexibility index (Phi) is 4.86. The highest BCUT2D eigenvalue weighted by Gasteiger charge is 2.15. The molecule has 0 aliphatic carbocycles. The quantitative estimate of drug-likeness (QED) is 0.728. The fourth-order valence-electron chi connectivity index (χ4n) is 2.05. The van der Waals surface area contributed by atoms with E-state index in [9.17, 15) is 8.42 Å². The van der Waals surface area contributed by atoms with Gasteiger partial charge in [-0.15, -0.1) is 22.7 Å². The molecule has 0 unspecified atom stereocenters. The first-order valence-electron chi connectivity index (χ1n) is 6.97. The first-order chi connectivity index (χ1) is 11.1. The predicted molar refractivity (Wildman–Crippen MR) is 93.3 cm³/mol. The monoisotopic (exact) mass is 365 g/mol. The molecule has 0 bridgehead atoms. The molecule has 0 amide bonds. The molecule has 3 heterocycles. The third-order valence-electron chi connectivity index (χ3n) is 3.18. The third kappa shape index (κ3) is 3.84. The molecule has 23 heavy (non-hydrogen) atoms. The van der Waals surface area contributed by atoms with Gasteiger partial charge in [-0.2, -0.15) is 0 Å². The van der Waals surface area contributed by atoms with Crippen molar-refractivity contribution < 1.29 is 8.42 Å². The van der Waals surface area contributed by atoms with Crippen molar-refractivity contribution in [3.05, 3.63) is 52.5 Å². The van der Waals surface area contributed by atoms with Gasteiger partial charge in [0, 0.05) is 17.6 Å². The van der Waals surface area contributed by atoms with Crippen LogP contribution in [0.15, 0.2) is 46.1 Å². The summed E-state index contributed by atoms with van der Waals surface area (Å²) in [7, 11) is -3.40.